The zero-order valence-electron chi connectivity index (χ0n) is 17.7. The molecule has 3 aromatic carbocycles. The lowest BCUT2D eigenvalue weighted by molar-refractivity contribution is 0.102. The lowest BCUT2D eigenvalue weighted by Gasteiger charge is -2.19. The molecule has 11 heteroatoms. The van der Waals surface area contributed by atoms with E-state index in [0.717, 1.165) is 28.0 Å². The Morgan fingerprint density at radius 2 is 1.62 bits per heavy atom. The molecule has 0 aliphatic rings. The lowest BCUT2D eigenvalue weighted by Crippen LogP contribution is -2.29. The average molecular weight is 533 g/mol. The summed E-state index contributed by atoms with van der Waals surface area (Å²) in [4.78, 5) is 12.5. The fourth-order valence-corrected chi connectivity index (χ4v) is 5.76. The highest BCUT2D eigenvalue weighted by atomic mass is 35.5. The van der Waals surface area contributed by atoms with Crippen LogP contribution in [0.1, 0.15) is 33.1 Å². The molecule has 0 spiro atoms. The van der Waals surface area contributed by atoms with Crippen molar-refractivity contribution in [2.45, 2.75) is 17.3 Å². The second kappa shape index (κ2) is 10.2. The second-order valence-electron chi connectivity index (χ2n) is 7.33. The van der Waals surface area contributed by atoms with Gasteiger partial charge in [0.25, 0.3) is 15.9 Å². The Balaban J connectivity index is 1.57. The summed E-state index contributed by atoms with van der Waals surface area (Å²) in [5, 5.41) is 10.7. The third-order valence-electron chi connectivity index (χ3n) is 4.85. The highest BCUT2D eigenvalue weighted by Crippen LogP contribution is 2.28. The molecule has 0 unspecified atom stereocenters. The number of nitrogens with one attached hydrogen (secondary N) is 2. The van der Waals surface area contributed by atoms with Crippen LogP contribution in [0.3, 0.4) is 0 Å². The molecular weight excluding hydrogens is 515 g/mol. The first-order chi connectivity index (χ1) is 16.2. The molecule has 2 N–H and O–H groups in total. The van der Waals surface area contributed by atoms with Gasteiger partial charge < -0.3 is 0 Å². The Bertz CT molecular complexity index is 1430. The highest BCUT2D eigenvalue weighted by molar-refractivity contribution is 7.91. The molecule has 1 amide bonds. The quantitative estimate of drug-likeness (QED) is 0.307. The Morgan fingerprint density at radius 3 is 2.29 bits per heavy atom. The van der Waals surface area contributed by atoms with Crippen LogP contribution in [0.5, 0.6) is 0 Å². The summed E-state index contributed by atoms with van der Waals surface area (Å²) >= 11 is 12.7. The fraction of sp³-hybridized carbons (Fsp3) is 0.0870. The third-order valence-corrected chi connectivity index (χ3v) is 8.03. The van der Waals surface area contributed by atoms with Crippen LogP contribution in [-0.2, 0) is 10.0 Å². The summed E-state index contributed by atoms with van der Waals surface area (Å²) in [7, 11) is -4.06. The van der Waals surface area contributed by atoms with Gasteiger partial charge in [0.1, 0.15) is 0 Å². The normalized spacial score (nSPS) is 12.3. The van der Waals surface area contributed by atoms with Crippen molar-refractivity contribution < 1.29 is 13.2 Å². The van der Waals surface area contributed by atoms with Crippen molar-refractivity contribution in [2.75, 3.05) is 5.32 Å². The molecule has 0 aliphatic heterocycles. The number of halogens is 2. The first-order valence-electron chi connectivity index (χ1n) is 9.97. The van der Waals surface area contributed by atoms with E-state index in [4.69, 9.17) is 23.2 Å². The number of anilines is 1. The van der Waals surface area contributed by atoms with Crippen LogP contribution >= 0.6 is 34.5 Å². The topological polar surface area (TPSA) is 101 Å². The van der Waals surface area contributed by atoms with Crippen molar-refractivity contribution in [2.24, 2.45) is 0 Å². The van der Waals surface area contributed by atoms with Crippen molar-refractivity contribution in [1.29, 1.82) is 0 Å². The zero-order chi connectivity index (χ0) is 24.3. The molecule has 0 radical (unpaired) electrons. The highest BCUT2D eigenvalue weighted by Gasteiger charge is 2.27. The van der Waals surface area contributed by atoms with E-state index >= 15 is 0 Å². The number of amides is 1. The van der Waals surface area contributed by atoms with Crippen LogP contribution in [0.4, 0.5) is 5.13 Å². The monoisotopic (exact) mass is 532 g/mol. The van der Waals surface area contributed by atoms with Crippen molar-refractivity contribution in [3.63, 3.8) is 0 Å². The van der Waals surface area contributed by atoms with E-state index in [1.54, 1.807) is 0 Å². The average Bonchev–Trinajstić information content (AvgIpc) is 3.28. The number of aryl methyl sites for hydroxylation is 1. The van der Waals surface area contributed by atoms with Gasteiger partial charge in [-0.2, -0.15) is 4.72 Å². The molecule has 1 heterocycles. The molecule has 1 aromatic heterocycles. The number of nitrogens with zero attached hydrogens (tertiary/aromatic N) is 2. The van der Waals surface area contributed by atoms with Gasteiger partial charge >= 0.3 is 0 Å². The van der Waals surface area contributed by atoms with Crippen LogP contribution < -0.4 is 10.0 Å². The van der Waals surface area contributed by atoms with Gasteiger partial charge in [-0.15, -0.1) is 10.2 Å². The van der Waals surface area contributed by atoms with Crippen molar-refractivity contribution in [3.8, 4) is 0 Å². The van der Waals surface area contributed by atoms with E-state index in [1.807, 2.05) is 61.5 Å². The summed E-state index contributed by atoms with van der Waals surface area (Å²) in [6, 6.07) is 20.6. The number of benzene rings is 3. The van der Waals surface area contributed by atoms with E-state index in [0.29, 0.717) is 5.02 Å². The van der Waals surface area contributed by atoms with E-state index in [1.165, 1.54) is 18.2 Å². The maximum Gasteiger partial charge on any atom is 0.270 e. The summed E-state index contributed by atoms with van der Waals surface area (Å²) < 4.78 is 28.8. The number of rotatable bonds is 7. The maximum atomic E-state index is 13.2. The fourth-order valence-electron chi connectivity index (χ4n) is 3.15. The minimum atomic E-state index is -4.06. The summed E-state index contributed by atoms with van der Waals surface area (Å²) in [5.41, 5.74) is 2.78. The van der Waals surface area contributed by atoms with Gasteiger partial charge in [-0.25, -0.2) is 8.42 Å². The Morgan fingerprint density at radius 1 is 0.941 bits per heavy atom. The van der Waals surface area contributed by atoms with Gasteiger partial charge in [0.15, 0.2) is 0 Å². The predicted octanol–water partition coefficient (Wildman–Crippen LogP) is 5.47. The van der Waals surface area contributed by atoms with E-state index < -0.39 is 22.0 Å². The minimum Gasteiger partial charge on any atom is -0.296 e. The molecule has 0 saturated heterocycles. The van der Waals surface area contributed by atoms with Crippen molar-refractivity contribution in [1.82, 2.24) is 14.9 Å². The smallest absolute Gasteiger partial charge is 0.270 e. The first-order valence-corrected chi connectivity index (χ1v) is 13.0. The summed E-state index contributed by atoms with van der Waals surface area (Å²) in [5.74, 6) is -0.559. The molecule has 0 saturated carbocycles. The lowest BCUT2D eigenvalue weighted by atomic mass is 9.99. The van der Waals surface area contributed by atoms with Crippen LogP contribution in [0.2, 0.25) is 10.0 Å². The third kappa shape index (κ3) is 5.63. The van der Waals surface area contributed by atoms with Crippen molar-refractivity contribution in [3.05, 3.63) is 105 Å². The Labute approximate surface area is 210 Å². The molecule has 7 nitrogen and oxygen atoms in total. The molecule has 0 bridgehead atoms. The molecule has 34 heavy (non-hydrogen) atoms. The van der Waals surface area contributed by atoms with Gasteiger partial charge in [0, 0.05) is 5.02 Å². The van der Waals surface area contributed by atoms with Gasteiger partial charge in [0.05, 0.1) is 16.6 Å². The molecular formula is C23H18Cl2N4O3S2. The molecule has 4 rings (SSSR count). The Kier molecular flexibility index (Phi) is 7.30. The van der Waals surface area contributed by atoms with Crippen LogP contribution in [-0.4, -0.2) is 24.5 Å². The molecule has 0 fully saturated rings. The summed E-state index contributed by atoms with van der Waals surface area (Å²) in [6.07, 6.45) is 0. The Hall–Kier alpha value is -2.82. The molecule has 4 aromatic rings. The van der Waals surface area contributed by atoms with Gasteiger partial charge in [-0.1, -0.05) is 94.7 Å². The molecule has 174 valence electrons. The minimum absolute atomic E-state index is 0.0167. The number of hydrogen-bond donors (Lipinski definition) is 2. The number of aromatic nitrogens is 2. The predicted molar refractivity (Wildman–Crippen MR) is 134 cm³/mol. The van der Waals surface area contributed by atoms with Crippen LogP contribution in [0.15, 0.2) is 77.1 Å². The van der Waals surface area contributed by atoms with E-state index in [2.05, 4.69) is 20.2 Å². The SMILES string of the molecule is Cc1ccc([C@@H](NS(=O)(=O)c2nnc(NC(=O)c3ccc(Cl)cc3Cl)s2)c2ccccc2)cc1. The first kappa shape index (κ1) is 24.3. The van der Waals surface area contributed by atoms with Crippen molar-refractivity contribution >= 4 is 55.6 Å². The van der Waals surface area contributed by atoms with Gasteiger partial charge in [0.2, 0.25) is 9.47 Å². The second-order valence-corrected chi connectivity index (χ2v) is 11.0. The van der Waals surface area contributed by atoms with Crippen LogP contribution in [0.25, 0.3) is 0 Å². The number of carbonyl (C=O) groups is 1. The number of carbonyl (C=O) groups excluding carboxylic acids is 1. The van der Waals surface area contributed by atoms with Gasteiger partial charge in [-0.3, -0.25) is 10.1 Å². The standard InChI is InChI=1S/C23H18Cl2N4O3S2/c1-14-7-9-16(10-8-14)20(15-5-3-2-4-6-15)29-34(31,32)23-28-27-22(33-23)26-21(30)18-12-11-17(24)13-19(18)25/h2-13,20,29H,1H3,(H,26,27,30)/t20-/m0/s1. The van der Waals surface area contributed by atoms with Crippen LogP contribution in [0, 0.1) is 6.92 Å². The number of sulfonamides is 1. The van der Waals surface area contributed by atoms with E-state index in [9.17, 15) is 13.2 Å². The largest absolute Gasteiger partial charge is 0.296 e. The van der Waals surface area contributed by atoms with E-state index in [-0.39, 0.29) is 20.1 Å². The molecule has 0 aliphatic carbocycles. The maximum absolute atomic E-state index is 13.2. The van der Waals surface area contributed by atoms with Gasteiger partial charge in [-0.05, 0) is 36.2 Å². The zero-order valence-corrected chi connectivity index (χ0v) is 20.8. The number of hydrogen-bond acceptors (Lipinski definition) is 6. The molecule has 1 atom stereocenters. The summed E-state index contributed by atoms with van der Waals surface area (Å²) in [6.45, 7) is 1.96.